The maximum absolute atomic E-state index is 11.4. The molecule has 0 heterocycles. The first-order valence-electron chi connectivity index (χ1n) is 7.60. The minimum atomic E-state index is -1.09. The molecule has 22 heavy (non-hydrogen) atoms. The summed E-state index contributed by atoms with van der Waals surface area (Å²) in [7, 11) is 0. The molecule has 116 valence electrons. The second-order valence-corrected chi connectivity index (χ2v) is 5.75. The van der Waals surface area contributed by atoms with Crippen molar-refractivity contribution in [1.82, 2.24) is 0 Å². The van der Waals surface area contributed by atoms with Crippen molar-refractivity contribution in [1.29, 1.82) is 0 Å². The van der Waals surface area contributed by atoms with Gasteiger partial charge in [0.2, 0.25) is 0 Å². The maximum Gasteiger partial charge on any atom is 0.339 e. The summed E-state index contributed by atoms with van der Waals surface area (Å²) in [5, 5.41) is 19.8. The Hall–Kier alpha value is -2.29. The van der Waals surface area contributed by atoms with Gasteiger partial charge in [-0.3, -0.25) is 0 Å². The number of benzene rings is 2. The first-order chi connectivity index (χ1) is 10.5. The van der Waals surface area contributed by atoms with Crippen LogP contribution in [-0.4, -0.2) is 16.2 Å². The zero-order valence-electron chi connectivity index (χ0n) is 13.2. The lowest BCUT2D eigenvalue weighted by Crippen LogP contribution is -2.06. The molecule has 0 saturated carbocycles. The van der Waals surface area contributed by atoms with Crippen molar-refractivity contribution >= 4 is 5.97 Å². The standard InChI is InChI=1S/C19H22O3/c1-4-12(2)15-10-16(18(20)17(11-15)19(21)22)13(3)14-8-6-5-7-9-14/h5-13,20H,4H2,1-3H3,(H,21,22). The quantitative estimate of drug-likeness (QED) is 0.837. The van der Waals surface area contributed by atoms with E-state index in [1.807, 2.05) is 43.3 Å². The lowest BCUT2D eigenvalue weighted by Gasteiger charge is -2.19. The SMILES string of the molecule is CCC(C)c1cc(C(=O)O)c(O)c(C(C)c2ccccc2)c1. The van der Waals surface area contributed by atoms with Crippen molar-refractivity contribution in [3.05, 3.63) is 64.7 Å². The van der Waals surface area contributed by atoms with Crippen LogP contribution in [0.1, 0.15) is 66.1 Å². The van der Waals surface area contributed by atoms with Gasteiger partial charge in [-0.25, -0.2) is 4.79 Å². The van der Waals surface area contributed by atoms with Crippen LogP contribution in [0.4, 0.5) is 0 Å². The molecule has 0 radical (unpaired) electrons. The predicted molar refractivity (Wildman–Crippen MR) is 87.7 cm³/mol. The van der Waals surface area contributed by atoms with Gasteiger partial charge in [-0.15, -0.1) is 0 Å². The van der Waals surface area contributed by atoms with Crippen LogP contribution in [-0.2, 0) is 0 Å². The molecular formula is C19H22O3. The van der Waals surface area contributed by atoms with Gasteiger partial charge in [-0.2, -0.15) is 0 Å². The predicted octanol–water partition coefficient (Wildman–Crippen LogP) is 4.76. The summed E-state index contributed by atoms with van der Waals surface area (Å²) in [4.78, 5) is 11.4. The molecule has 0 aromatic heterocycles. The molecule has 0 fully saturated rings. The van der Waals surface area contributed by atoms with Crippen LogP contribution >= 0.6 is 0 Å². The molecular weight excluding hydrogens is 276 g/mol. The van der Waals surface area contributed by atoms with Gasteiger partial charge in [0, 0.05) is 11.5 Å². The van der Waals surface area contributed by atoms with Crippen LogP contribution in [0.2, 0.25) is 0 Å². The largest absolute Gasteiger partial charge is 0.507 e. The fraction of sp³-hybridized carbons (Fsp3) is 0.316. The summed E-state index contributed by atoms with van der Waals surface area (Å²) in [5.41, 5.74) is 2.66. The number of aromatic carboxylic acids is 1. The number of rotatable bonds is 5. The van der Waals surface area contributed by atoms with E-state index >= 15 is 0 Å². The van der Waals surface area contributed by atoms with Crippen LogP contribution in [0.5, 0.6) is 5.75 Å². The van der Waals surface area contributed by atoms with Crippen LogP contribution in [0.25, 0.3) is 0 Å². The molecule has 3 nitrogen and oxygen atoms in total. The molecule has 3 heteroatoms. The van der Waals surface area contributed by atoms with Crippen LogP contribution in [0.15, 0.2) is 42.5 Å². The van der Waals surface area contributed by atoms with Gasteiger partial charge in [-0.1, -0.05) is 57.2 Å². The number of carboxylic acids is 1. The molecule has 0 aliphatic rings. The summed E-state index contributed by atoms with van der Waals surface area (Å²) in [6.07, 6.45) is 0.920. The van der Waals surface area contributed by atoms with E-state index in [4.69, 9.17) is 0 Å². The highest BCUT2D eigenvalue weighted by atomic mass is 16.4. The first-order valence-corrected chi connectivity index (χ1v) is 7.60. The van der Waals surface area contributed by atoms with E-state index in [2.05, 4.69) is 13.8 Å². The maximum atomic E-state index is 11.4. The molecule has 2 rings (SSSR count). The van der Waals surface area contributed by atoms with Gasteiger partial charge in [0.1, 0.15) is 11.3 Å². The van der Waals surface area contributed by atoms with Gasteiger partial charge >= 0.3 is 5.97 Å². The fourth-order valence-corrected chi connectivity index (χ4v) is 2.61. The van der Waals surface area contributed by atoms with E-state index in [0.29, 0.717) is 5.56 Å². The number of carbonyl (C=O) groups is 1. The second kappa shape index (κ2) is 6.65. The number of carboxylic acid groups (broad SMARTS) is 1. The van der Waals surface area contributed by atoms with Crippen LogP contribution in [0, 0.1) is 0 Å². The minimum Gasteiger partial charge on any atom is -0.507 e. The molecule has 2 atom stereocenters. The molecule has 2 N–H and O–H groups in total. The Balaban J connectivity index is 2.58. The third kappa shape index (κ3) is 3.14. The highest BCUT2D eigenvalue weighted by Gasteiger charge is 2.21. The molecule has 0 aliphatic carbocycles. The molecule has 0 spiro atoms. The van der Waals surface area contributed by atoms with E-state index in [9.17, 15) is 15.0 Å². The Bertz CT molecular complexity index is 662. The Kier molecular flexibility index (Phi) is 4.86. The van der Waals surface area contributed by atoms with E-state index in [0.717, 1.165) is 17.5 Å². The lowest BCUT2D eigenvalue weighted by atomic mass is 9.86. The number of hydrogen-bond donors (Lipinski definition) is 2. The van der Waals surface area contributed by atoms with Gasteiger partial charge in [0.25, 0.3) is 0 Å². The average molecular weight is 298 g/mol. The monoisotopic (exact) mass is 298 g/mol. The Morgan fingerprint density at radius 2 is 1.73 bits per heavy atom. The minimum absolute atomic E-state index is 0.0180. The molecule has 0 aliphatic heterocycles. The third-order valence-electron chi connectivity index (χ3n) is 4.34. The number of hydrogen-bond acceptors (Lipinski definition) is 2. The highest BCUT2D eigenvalue weighted by Crippen LogP contribution is 2.36. The van der Waals surface area contributed by atoms with Gasteiger partial charge < -0.3 is 10.2 Å². The summed E-state index contributed by atoms with van der Waals surface area (Å²) < 4.78 is 0. The van der Waals surface area contributed by atoms with Crippen molar-refractivity contribution in [3.63, 3.8) is 0 Å². The van der Waals surface area contributed by atoms with Crippen LogP contribution in [0.3, 0.4) is 0 Å². The smallest absolute Gasteiger partial charge is 0.339 e. The van der Waals surface area contributed by atoms with Crippen LogP contribution < -0.4 is 0 Å². The van der Waals surface area contributed by atoms with Gasteiger partial charge in [0.15, 0.2) is 0 Å². The van der Waals surface area contributed by atoms with Gasteiger partial charge in [0.05, 0.1) is 0 Å². The topological polar surface area (TPSA) is 57.5 Å². The van der Waals surface area contributed by atoms with E-state index in [1.54, 1.807) is 6.07 Å². The highest BCUT2D eigenvalue weighted by molar-refractivity contribution is 5.91. The molecule has 2 aromatic carbocycles. The molecule has 0 saturated heterocycles. The summed E-state index contributed by atoms with van der Waals surface area (Å²) in [6, 6.07) is 13.3. The van der Waals surface area contributed by atoms with Crippen molar-refractivity contribution in [3.8, 4) is 5.75 Å². The fourth-order valence-electron chi connectivity index (χ4n) is 2.61. The molecule has 2 aromatic rings. The molecule has 0 bridgehead atoms. The summed E-state index contributed by atoms with van der Waals surface area (Å²) in [5.74, 6) is -1.04. The van der Waals surface area contributed by atoms with Crippen molar-refractivity contribution in [2.24, 2.45) is 0 Å². The zero-order chi connectivity index (χ0) is 16.3. The second-order valence-electron chi connectivity index (χ2n) is 5.75. The molecule has 2 unspecified atom stereocenters. The molecule has 0 amide bonds. The first kappa shape index (κ1) is 16.1. The summed E-state index contributed by atoms with van der Waals surface area (Å²) in [6.45, 7) is 6.11. The van der Waals surface area contributed by atoms with Gasteiger partial charge in [-0.05, 0) is 29.5 Å². The van der Waals surface area contributed by atoms with Crippen molar-refractivity contribution in [2.75, 3.05) is 0 Å². The Morgan fingerprint density at radius 1 is 1.09 bits per heavy atom. The average Bonchev–Trinajstić information content (AvgIpc) is 2.54. The van der Waals surface area contributed by atoms with Crippen molar-refractivity contribution < 1.29 is 15.0 Å². The van der Waals surface area contributed by atoms with Crippen molar-refractivity contribution in [2.45, 2.75) is 39.0 Å². The zero-order valence-corrected chi connectivity index (χ0v) is 13.2. The third-order valence-corrected chi connectivity index (χ3v) is 4.34. The normalized spacial score (nSPS) is 13.6. The Labute approximate surface area is 131 Å². The number of phenols is 1. The Morgan fingerprint density at radius 3 is 2.27 bits per heavy atom. The van der Waals surface area contributed by atoms with E-state index in [1.165, 1.54) is 0 Å². The van der Waals surface area contributed by atoms with E-state index < -0.39 is 5.97 Å². The number of aromatic hydroxyl groups is 1. The lowest BCUT2D eigenvalue weighted by molar-refractivity contribution is 0.0693. The van der Waals surface area contributed by atoms with E-state index in [-0.39, 0.29) is 23.1 Å². The summed E-state index contributed by atoms with van der Waals surface area (Å²) >= 11 is 0.